The fourth-order valence-electron chi connectivity index (χ4n) is 2.89. The molecule has 0 aliphatic rings. The first kappa shape index (κ1) is 23.5. The Kier molecular flexibility index (Phi) is 11.9. The van der Waals surface area contributed by atoms with E-state index >= 15 is 0 Å². The second-order valence-corrected chi connectivity index (χ2v) is 6.64. The summed E-state index contributed by atoms with van der Waals surface area (Å²) in [4.78, 5) is 0. The zero-order valence-corrected chi connectivity index (χ0v) is 17.4. The van der Waals surface area contributed by atoms with Gasteiger partial charge < -0.3 is 31.4 Å². The molecule has 0 spiro atoms. The third-order valence-electron chi connectivity index (χ3n) is 4.49. The number of nitrogens with two attached hydrogens (primary N) is 3. The molecule has 1 aromatic rings. The highest BCUT2D eigenvalue weighted by atomic mass is 16.5. The lowest BCUT2D eigenvalue weighted by Crippen LogP contribution is -2.17. The minimum atomic E-state index is 0.304. The summed E-state index contributed by atoms with van der Waals surface area (Å²) < 4.78 is 18.4. The van der Waals surface area contributed by atoms with Crippen LogP contribution in [0.2, 0.25) is 0 Å². The van der Waals surface area contributed by atoms with Crippen LogP contribution in [0, 0.1) is 0 Å². The molecule has 6 nitrogen and oxygen atoms in total. The highest BCUT2D eigenvalue weighted by Gasteiger charge is 2.25. The molecular formula is C21H39N3O3. The lowest BCUT2D eigenvalue weighted by molar-refractivity contribution is 0.267. The molecule has 0 radical (unpaired) electrons. The van der Waals surface area contributed by atoms with Gasteiger partial charge in [0.15, 0.2) is 0 Å². The lowest BCUT2D eigenvalue weighted by atomic mass is 9.99. The molecule has 0 unspecified atom stereocenters. The predicted molar refractivity (Wildman–Crippen MR) is 111 cm³/mol. The summed E-state index contributed by atoms with van der Waals surface area (Å²) in [5.74, 6) is 2.14. The van der Waals surface area contributed by atoms with Crippen LogP contribution >= 0.6 is 0 Å². The summed E-state index contributed by atoms with van der Waals surface area (Å²) in [7, 11) is 0. The van der Waals surface area contributed by atoms with Crippen molar-refractivity contribution in [3.05, 3.63) is 16.7 Å². The van der Waals surface area contributed by atoms with Crippen LogP contribution in [0.15, 0.2) is 0 Å². The molecule has 6 N–H and O–H groups in total. The van der Waals surface area contributed by atoms with E-state index in [-0.39, 0.29) is 0 Å². The SMILES string of the molecule is CCCCOc1c(CN)c(OCCCC)c(CN)c(OCCCC)c1CN. The minimum absolute atomic E-state index is 0.304. The van der Waals surface area contributed by atoms with E-state index in [9.17, 15) is 0 Å². The van der Waals surface area contributed by atoms with E-state index in [1.807, 2.05) is 0 Å². The Morgan fingerprint density at radius 2 is 0.778 bits per heavy atom. The summed E-state index contributed by atoms with van der Waals surface area (Å²) in [6.45, 7) is 9.14. The molecule has 0 aromatic heterocycles. The van der Waals surface area contributed by atoms with Gasteiger partial charge in [-0.3, -0.25) is 0 Å². The van der Waals surface area contributed by atoms with E-state index < -0.39 is 0 Å². The van der Waals surface area contributed by atoms with Crippen LogP contribution in [0.1, 0.15) is 76.0 Å². The third kappa shape index (κ3) is 6.55. The highest BCUT2D eigenvalue weighted by Crippen LogP contribution is 2.44. The maximum atomic E-state index is 6.12. The fraction of sp³-hybridized carbons (Fsp3) is 0.714. The summed E-state index contributed by atoms with van der Waals surface area (Å²) >= 11 is 0. The second-order valence-electron chi connectivity index (χ2n) is 6.64. The van der Waals surface area contributed by atoms with Crippen molar-refractivity contribution < 1.29 is 14.2 Å². The van der Waals surface area contributed by atoms with E-state index in [1.165, 1.54) is 0 Å². The Balaban J connectivity index is 3.45. The Hall–Kier alpha value is -1.50. The molecule has 0 saturated carbocycles. The Labute approximate surface area is 164 Å². The van der Waals surface area contributed by atoms with Gasteiger partial charge in [-0.2, -0.15) is 0 Å². The molecule has 0 heterocycles. The average molecular weight is 382 g/mol. The van der Waals surface area contributed by atoms with Gasteiger partial charge in [0.25, 0.3) is 0 Å². The summed E-state index contributed by atoms with van der Waals surface area (Å²) in [6, 6.07) is 0. The summed E-state index contributed by atoms with van der Waals surface area (Å²) in [5, 5.41) is 0. The van der Waals surface area contributed by atoms with Crippen molar-refractivity contribution in [3.63, 3.8) is 0 Å². The van der Waals surface area contributed by atoms with Crippen molar-refractivity contribution in [2.24, 2.45) is 17.2 Å². The molecular weight excluding hydrogens is 342 g/mol. The van der Waals surface area contributed by atoms with E-state index in [1.54, 1.807) is 0 Å². The Morgan fingerprint density at radius 3 is 0.963 bits per heavy atom. The maximum absolute atomic E-state index is 6.12. The van der Waals surface area contributed by atoms with Crippen LogP contribution in [0.3, 0.4) is 0 Å². The smallest absolute Gasteiger partial charge is 0.135 e. The molecule has 1 aromatic carbocycles. The largest absolute Gasteiger partial charge is 0.493 e. The molecule has 6 heteroatoms. The van der Waals surface area contributed by atoms with Crippen molar-refractivity contribution in [2.75, 3.05) is 19.8 Å². The van der Waals surface area contributed by atoms with Crippen molar-refractivity contribution in [1.82, 2.24) is 0 Å². The van der Waals surface area contributed by atoms with Crippen LogP contribution in [-0.4, -0.2) is 19.8 Å². The maximum Gasteiger partial charge on any atom is 0.135 e. The third-order valence-corrected chi connectivity index (χ3v) is 4.49. The average Bonchev–Trinajstić information content (AvgIpc) is 2.68. The number of hydrogen-bond acceptors (Lipinski definition) is 6. The molecule has 0 aliphatic heterocycles. The Bertz CT molecular complexity index is 453. The predicted octanol–water partition coefficient (Wildman–Crippen LogP) is 3.60. The first-order valence-corrected chi connectivity index (χ1v) is 10.4. The quantitative estimate of drug-likeness (QED) is 0.401. The van der Waals surface area contributed by atoms with Crippen molar-refractivity contribution in [3.8, 4) is 17.2 Å². The van der Waals surface area contributed by atoms with Crippen LogP contribution in [0.5, 0.6) is 17.2 Å². The number of rotatable bonds is 15. The van der Waals surface area contributed by atoms with Gasteiger partial charge in [0.1, 0.15) is 17.2 Å². The normalized spacial score (nSPS) is 10.9. The van der Waals surface area contributed by atoms with Crippen LogP contribution in [0.4, 0.5) is 0 Å². The van der Waals surface area contributed by atoms with Crippen LogP contribution in [0.25, 0.3) is 0 Å². The van der Waals surface area contributed by atoms with E-state index in [0.29, 0.717) is 56.7 Å². The molecule has 0 bridgehead atoms. The molecule has 27 heavy (non-hydrogen) atoms. The van der Waals surface area contributed by atoms with Gasteiger partial charge in [0, 0.05) is 19.6 Å². The molecule has 0 amide bonds. The van der Waals surface area contributed by atoms with E-state index in [2.05, 4.69) is 20.8 Å². The van der Waals surface area contributed by atoms with Crippen LogP contribution < -0.4 is 31.4 Å². The molecule has 0 aliphatic carbocycles. The first-order valence-electron chi connectivity index (χ1n) is 10.4. The zero-order valence-electron chi connectivity index (χ0n) is 17.4. The minimum Gasteiger partial charge on any atom is -0.493 e. The first-order chi connectivity index (χ1) is 13.2. The zero-order chi connectivity index (χ0) is 20.1. The van der Waals surface area contributed by atoms with E-state index in [0.717, 1.165) is 55.2 Å². The van der Waals surface area contributed by atoms with Crippen molar-refractivity contribution in [1.29, 1.82) is 0 Å². The molecule has 1 rings (SSSR count). The van der Waals surface area contributed by atoms with Crippen molar-refractivity contribution in [2.45, 2.75) is 78.9 Å². The Morgan fingerprint density at radius 1 is 0.519 bits per heavy atom. The molecule has 0 atom stereocenters. The van der Waals surface area contributed by atoms with Gasteiger partial charge >= 0.3 is 0 Å². The number of benzene rings is 1. The number of ether oxygens (including phenoxy) is 3. The molecule has 0 fully saturated rings. The second kappa shape index (κ2) is 13.6. The molecule has 0 saturated heterocycles. The topological polar surface area (TPSA) is 106 Å². The van der Waals surface area contributed by atoms with Crippen LogP contribution in [-0.2, 0) is 19.6 Å². The summed E-state index contributed by atoms with van der Waals surface area (Å²) in [6.07, 6.45) is 6.05. The highest BCUT2D eigenvalue weighted by molar-refractivity contribution is 5.63. The number of hydrogen-bond donors (Lipinski definition) is 3. The monoisotopic (exact) mass is 381 g/mol. The summed E-state index contributed by atoms with van der Waals surface area (Å²) in [5.41, 5.74) is 20.8. The fourth-order valence-corrected chi connectivity index (χ4v) is 2.89. The van der Waals surface area contributed by atoms with Gasteiger partial charge in [-0.05, 0) is 19.3 Å². The van der Waals surface area contributed by atoms with Gasteiger partial charge in [0.05, 0.1) is 36.5 Å². The van der Waals surface area contributed by atoms with Gasteiger partial charge in [-0.15, -0.1) is 0 Å². The lowest BCUT2D eigenvalue weighted by Gasteiger charge is -2.25. The molecule has 156 valence electrons. The van der Waals surface area contributed by atoms with Crippen molar-refractivity contribution >= 4 is 0 Å². The van der Waals surface area contributed by atoms with E-state index in [4.69, 9.17) is 31.4 Å². The van der Waals surface area contributed by atoms with Gasteiger partial charge in [-0.25, -0.2) is 0 Å². The standard InChI is InChI=1S/C21H39N3O3/c1-4-7-10-25-19-16(13-22)20(26-11-8-5-2)18(15-24)21(17(19)14-23)27-12-9-6-3/h4-15,22-24H2,1-3H3. The van der Waals surface area contributed by atoms with Gasteiger partial charge in [0.2, 0.25) is 0 Å². The number of unbranched alkanes of at least 4 members (excludes halogenated alkanes) is 3. The van der Waals surface area contributed by atoms with Gasteiger partial charge in [-0.1, -0.05) is 40.0 Å².